The van der Waals surface area contributed by atoms with E-state index in [2.05, 4.69) is 33.0 Å². The van der Waals surface area contributed by atoms with Crippen molar-refractivity contribution >= 4 is 0 Å². The highest BCUT2D eigenvalue weighted by Crippen LogP contribution is 2.28. The van der Waals surface area contributed by atoms with E-state index in [0.717, 1.165) is 25.1 Å². The van der Waals surface area contributed by atoms with Crippen molar-refractivity contribution in [1.82, 2.24) is 5.32 Å². The monoisotopic (exact) mass is 251 g/mol. The van der Waals surface area contributed by atoms with Crippen LogP contribution in [-0.4, -0.2) is 13.1 Å². The van der Waals surface area contributed by atoms with E-state index in [1.165, 1.54) is 0 Å². The molecule has 1 aromatic carbocycles. The second kappa shape index (κ2) is 7.52. The van der Waals surface area contributed by atoms with Crippen LogP contribution in [0.1, 0.15) is 45.6 Å². The van der Waals surface area contributed by atoms with Gasteiger partial charge in [-0.2, -0.15) is 0 Å². The molecule has 0 amide bonds. The number of nitrogens with one attached hydrogen (secondary N) is 1. The largest absolute Gasteiger partial charge is 0.316 e. The molecule has 0 aliphatic heterocycles. The Hall–Kier alpha value is -0.890. The Balaban J connectivity index is 2.75. The fourth-order valence-electron chi connectivity index (χ4n) is 2.21. The average molecular weight is 251 g/mol. The van der Waals surface area contributed by atoms with Gasteiger partial charge in [0.2, 0.25) is 0 Å². The van der Waals surface area contributed by atoms with Crippen molar-refractivity contribution in [3.63, 3.8) is 0 Å². The molecule has 1 aromatic rings. The average Bonchev–Trinajstić information content (AvgIpc) is 2.35. The molecular formula is C16H26FN. The maximum atomic E-state index is 13.9. The van der Waals surface area contributed by atoms with Crippen LogP contribution in [0.3, 0.4) is 0 Å². The number of halogens is 1. The lowest BCUT2D eigenvalue weighted by Crippen LogP contribution is -2.28. The lowest BCUT2D eigenvalue weighted by Gasteiger charge is -2.25. The quantitative estimate of drug-likeness (QED) is 0.765. The van der Waals surface area contributed by atoms with Gasteiger partial charge < -0.3 is 5.32 Å². The lowest BCUT2D eigenvalue weighted by molar-refractivity contribution is 0.397. The molecule has 2 heteroatoms. The van der Waals surface area contributed by atoms with Gasteiger partial charge >= 0.3 is 0 Å². The first kappa shape index (κ1) is 15.2. The molecule has 0 fully saturated rings. The van der Waals surface area contributed by atoms with Crippen molar-refractivity contribution in [3.05, 3.63) is 35.6 Å². The van der Waals surface area contributed by atoms with E-state index in [1.807, 2.05) is 12.1 Å². The molecule has 102 valence electrons. The highest BCUT2D eigenvalue weighted by atomic mass is 19.1. The van der Waals surface area contributed by atoms with E-state index >= 15 is 0 Å². The van der Waals surface area contributed by atoms with Gasteiger partial charge in [-0.15, -0.1) is 0 Å². The number of hydrogen-bond acceptors (Lipinski definition) is 1. The molecule has 0 heterocycles. The van der Waals surface area contributed by atoms with Crippen molar-refractivity contribution in [2.24, 2.45) is 11.8 Å². The summed E-state index contributed by atoms with van der Waals surface area (Å²) < 4.78 is 13.9. The van der Waals surface area contributed by atoms with E-state index in [4.69, 9.17) is 0 Å². The van der Waals surface area contributed by atoms with Crippen LogP contribution in [0.4, 0.5) is 4.39 Å². The topological polar surface area (TPSA) is 12.0 Å². The maximum absolute atomic E-state index is 13.9. The van der Waals surface area contributed by atoms with Gasteiger partial charge in [0, 0.05) is 12.5 Å². The van der Waals surface area contributed by atoms with Crippen LogP contribution in [0.5, 0.6) is 0 Å². The van der Waals surface area contributed by atoms with Gasteiger partial charge in [-0.05, 0) is 30.0 Å². The molecule has 0 aliphatic carbocycles. The van der Waals surface area contributed by atoms with Crippen LogP contribution >= 0.6 is 0 Å². The molecule has 0 saturated carbocycles. The highest BCUT2D eigenvalue weighted by molar-refractivity contribution is 5.22. The van der Waals surface area contributed by atoms with Crippen molar-refractivity contribution in [1.29, 1.82) is 0 Å². The molecule has 18 heavy (non-hydrogen) atoms. The van der Waals surface area contributed by atoms with Gasteiger partial charge in [0.25, 0.3) is 0 Å². The van der Waals surface area contributed by atoms with E-state index in [0.29, 0.717) is 11.8 Å². The van der Waals surface area contributed by atoms with Gasteiger partial charge in [0.05, 0.1) is 0 Å². The third-order valence-corrected chi connectivity index (χ3v) is 3.55. The zero-order valence-electron chi connectivity index (χ0n) is 12.0. The summed E-state index contributed by atoms with van der Waals surface area (Å²) in [6.45, 7) is 10.6. The minimum Gasteiger partial charge on any atom is -0.316 e. The first-order valence-electron chi connectivity index (χ1n) is 7.01. The summed E-state index contributed by atoms with van der Waals surface area (Å²) in [4.78, 5) is 0. The predicted octanol–water partition coefficient (Wildman–Crippen LogP) is 4.20. The molecule has 2 atom stereocenters. The van der Waals surface area contributed by atoms with Crippen molar-refractivity contribution in [2.45, 2.75) is 40.0 Å². The Morgan fingerprint density at radius 3 is 2.33 bits per heavy atom. The molecule has 0 spiro atoms. The highest BCUT2D eigenvalue weighted by Gasteiger charge is 2.20. The molecule has 1 rings (SSSR count). The third-order valence-electron chi connectivity index (χ3n) is 3.55. The van der Waals surface area contributed by atoms with Gasteiger partial charge in [0.1, 0.15) is 5.82 Å². The molecule has 0 aliphatic rings. The first-order chi connectivity index (χ1) is 8.56. The van der Waals surface area contributed by atoms with Crippen molar-refractivity contribution in [2.75, 3.05) is 13.1 Å². The van der Waals surface area contributed by atoms with E-state index in [1.54, 1.807) is 12.1 Å². The molecule has 0 radical (unpaired) electrons. The van der Waals surface area contributed by atoms with Crippen LogP contribution in [-0.2, 0) is 0 Å². The van der Waals surface area contributed by atoms with E-state index < -0.39 is 0 Å². The predicted molar refractivity (Wildman–Crippen MR) is 76.3 cm³/mol. The van der Waals surface area contributed by atoms with Crippen molar-refractivity contribution < 1.29 is 4.39 Å². The van der Waals surface area contributed by atoms with Gasteiger partial charge in [0.15, 0.2) is 0 Å². The van der Waals surface area contributed by atoms with Crippen LogP contribution in [0.2, 0.25) is 0 Å². The molecule has 0 bridgehead atoms. The summed E-state index contributed by atoms with van der Waals surface area (Å²) in [6.07, 6.45) is 1.07. The van der Waals surface area contributed by atoms with Gasteiger partial charge in [-0.3, -0.25) is 0 Å². The van der Waals surface area contributed by atoms with Gasteiger partial charge in [-0.25, -0.2) is 4.39 Å². The van der Waals surface area contributed by atoms with E-state index in [-0.39, 0.29) is 11.7 Å². The standard InChI is InChI=1S/C16H26FN/c1-5-13(4)15(11-18-10-12(2)3)14-8-6-7-9-16(14)17/h6-9,12-13,15,18H,5,10-11H2,1-4H3. The molecule has 0 aromatic heterocycles. The maximum Gasteiger partial charge on any atom is 0.126 e. The summed E-state index contributed by atoms with van der Waals surface area (Å²) in [5.74, 6) is 1.30. The summed E-state index contributed by atoms with van der Waals surface area (Å²) >= 11 is 0. The Labute approximate surface area is 111 Å². The fourth-order valence-corrected chi connectivity index (χ4v) is 2.21. The zero-order chi connectivity index (χ0) is 13.5. The smallest absolute Gasteiger partial charge is 0.126 e. The van der Waals surface area contributed by atoms with Gasteiger partial charge in [-0.1, -0.05) is 52.3 Å². The summed E-state index contributed by atoms with van der Waals surface area (Å²) in [7, 11) is 0. The van der Waals surface area contributed by atoms with Crippen LogP contribution in [0, 0.1) is 17.7 Å². The second-order valence-electron chi connectivity index (χ2n) is 5.57. The summed E-state index contributed by atoms with van der Waals surface area (Å²) in [5, 5.41) is 3.46. The normalized spacial score (nSPS) is 14.8. The summed E-state index contributed by atoms with van der Waals surface area (Å²) in [6, 6.07) is 7.17. The Kier molecular flexibility index (Phi) is 6.34. The number of hydrogen-bond donors (Lipinski definition) is 1. The van der Waals surface area contributed by atoms with Crippen LogP contribution < -0.4 is 5.32 Å². The van der Waals surface area contributed by atoms with Crippen LogP contribution in [0.25, 0.3) is 0 Å². The summed E-state index contributed by atoms with van der Waals surface area (Å²) in [5.41, 5.74) is 0.850. The minimum absolute atomic E-state index is 0.0749. The lowest BCUT2D eigenvalue weighted by atomic mass is 9.85. The third kappa shape index (κ3) is 4.41. The minimum atomic E-state index is -0.0749. The second-order valence-corrected chi connectivity index (χ2v) is 5.57. The number of benzene rings is 1. The molecule has 0 saturated heterocycles. The molecule has 1 nitrogen and oxygen atoms in total. The van der Waals surface area contributed by atoms with Crippen LogP contribution in [0.15, 0.2) is 24.3 Å². The van der Waals surface area contributed by atoms with E-state index in [9.17, 15) is 4.39 Å². The fraction of sp³-hybridized carbons (Fsp3) is 0.625. The van der Waals surface area contributed by atoms with Crippen molar-refractivity contribution in [3.8, 4) is 0 Å². The SMILES string of the molecule is CCC(C)C(CNCC(C)C)c1ccccc1F. The molecule has 1 N–H and O–H groups in total. The Morgan fingerprint density at radius 1 is 1.11 bits per heavy atom. The Bertz CT molecular complexity index is 349. The zero-order valence-corrected chi connectivity index (χ0v) is 12.0. The molecular weight excluding hydrogens is 225 g/mol. The number of rotatable bonds is 7. The first-order valence-corrected chi connectivity index (χ1v) is 7.01. The molecule has 2 unspecified atom stereocenters. The Morgan fingerprint density at radius 2 is 1.78 bits per heavy atom.